The number of rotatable bonds is 2. The topological polar surface area (TPSA) is 29.3 Å². The lowest BCUT2D eigenvalue weighted by molar-refractivity contribution is 0.0194. The summed E-state index contributed by atoms with van der Waals surface area (Å²) in [5.74, 6) is 0. The number of hydrogen-bond acceptors (Lipinski definition) is 2. The predicted octanol–water partition coefficient (Wildman–Crippen LogP) is 3.16. The number of nitrogens with two attached hydrogens (primary N) is 1. The van der Waals surface area contributed by atoms with E-state index in [1.54, 1.807) is 0 Å². The summed E-state index contributed by atoms with van der Waals surface area (Å²) in [6.07, 6.45) is 9.46. The molecule has 2 N–H and O–H groups in total. The van der Waals surface area contributed by atoms with Crippen LogP contribution >= 0.6 is 0 Å². The van der Waals surface area contributed by atoms with Gasteiger partial charge in [0.15, 0.2) is 0 Å². The molecule has 0 radical (unpaired) electrons. The average Bonchev–Trinajstić information content (AvgIpc) is 2.33. The van der Waals surface area contributed by atoms with E-state index in [9.17, 15) is 0 Å². The Hall–Kier alpha value is -0.0800. The molecule has 3 atom stereocenters. The second kappa shape index (κ2) is 5.27. The van der Waals surface area contributed by atoms with Crippen molar-refractivity contribution in [3.63, 3.8) is 0 Å². The van der Waals surface area contributed by atoms with Gasteiger partial charge in [-0.3, -0.25) is 4.90 Å². The molecule has 1 aliphatic carbocycles. The molecular weight excluding hydrogens is 208 g/mol. The van der Waals surface area contributed by atoms with E-state index in [-0.39, 0.29) is 0 Å². The van der Waals surface area contributed by atoms with Gasteiger partial charge in [-0.1, -0.05) is 33.6 Å². The standard InChI is InChI=1S/C15H30N2/c1-4-12-8-5-6-11-17(12)13-9-7-10-15(2,3)14(13)16/h12-14H,4-11,16H2,1-3H3. The quantitative estimate of drug-likeness (QED) is 0.800. The molecule has 3 unspecified atom stereocenters. The first kappa shape index (κ1) is 13.4. The van der Waals surface area contributed by atoms with Gasteiger partial charge >= 0.3 is 0 Å². The molecule has 1 saturated carbocycles. The van der Waals surface area contributed by atoms with Crippen molar-refractivity contribution in [3.8, 4) is 0 Å². The van der Waals surface area contributed by atoms with Crippen LogP contribution in [-0.4, -0.2) is 29.6 Å². The predicted molar refractivity (Wildman–Crippen MR) is 74.0 cm³/mol. The number of nitrogens with zero attached hydrogens (tertiary/aromatic N) is 1. The minimum Gasteiger partial charge on any atom is -0.326 e. The summed E-state index contributed by atoms with van der Waals surface area (Å²) < 4.78 is 0. The highest BCUT2D eigenvalue weighted by Gasteiger charge is 2.41. The lowest BCUT2D eigenvalue weighted by atomic mass is 9.70. The Morgan fingerprint density at radius 3 is 2.65 bits per heavy atom. The van der Waals surface area contributed by atoms with Crippen LogP contribution in [0.3, 0.4) is 0 Å². The molecule has 0 aromatic heterocycles. The molecule has 2 nitrogen and oxygen atoms in total. The molecule has 2 fully saturated rings. The first-order valence-corrected chi connectivity index (χ1v) is 7.57. The van der Waals surface area contributed by atoms with Gasteiger partial charge in [-0.15, -0.1) is 0 Å². The van der Waals surface area contributed by atoms with E-state index < -0.39 is 0 Å². The maximum absolute atomic E-state index is 6.56. The smallest absolute Gasteiger partial charge is 0.0255 e. The number of likely N-dealkylation sites (tertiary alicyclic amines) is 1. The third-order valence-corrected chi connectivity index (χ3v) is 5.21. The van der Waals surface area contributed by atoms with E-state index in [1.165, 1.54) is 51.5 Å². The van der Waals surface area contributed by atoms with Gasteiger partial charge in [0.05, 0.1) is 0 Å². The molecule has 1 saturated heterocycles. The van der Waals surface area contributed by atoms with Crippen LogP contribution in [0.25, 0.3) is 0 Å². The zero-order valence-corrected chi connectivity index (χ0v) is 11.9. The van der Waals surface area contributed by atoms with Crippen LogP contribution in [0.5, 0.6) is 0 Å². The van der Waals surface area contributed by atoms with E-state index >= 15 is 0 Å². The maximum atomic E-state index is 6.56. The zero-order chi connectivity index (χ0) is 12.5. The summed E-state index contributed by atoms with van der Waals surface area (Å²) >= 11 is 0. The Bertz CT molecular complexity index is 249. The van der Waals surface area contributed by atoms with Crippen molar-refractivity contribution in [2.45, 2.75) is 83.8 Å². The number of hydrogen-bond donors (Lipinski definition) is 1. The third-order valence-electron chi connectivity index (χ3n) is 5.21. The molecule has 0 bridgehead atoms. The first-order chi connectivity index (χ1) is 8.06. The van der Waals surface area contributed by atoms with E-state index in [4.69, 9.17) is 5.73 Å². The second-order valence-corrected chi connectivity index (χ2v) is 6.77. The van der Waals surface area contributed by atoms with Gasteiger partial charge in [0.1, 0.15) is 0 Å². The largest absolute Gasteiger partial charge is 0.326 e. The Balaban J connectivity index is 2.09. The van der Waals surface area contributed by atoms with Crippen LogP contribution in [0.4, 0.5) is 0 Å². The zero-order valence-electron chi connectivity index (χ0n) is 11.9. The van der Waals surface area contributed by atoms with Crippen molar-refractivity contribution in [2.75, 3.05) is 6.54 Å². The van der Waals surface area contributed by atoms with Crippen LogP contribution in [0.2, 0.25) is 0 Å². The van der Waals surface area contributed by atoms with Crippen LogP contribution in [-0.2, 0) is 0 Å². The summed E-state index contributed by atoms with van der Waals surface area (Å²) in [5.41, 5.74) is 6.89. The first-order valence-electron chi connectivity index (χ1n) is 7.57. The fourth-order valence-electron chi connectivity index (χ4n) is 3.90. The van der Waals surface area contributed by atoms with Crippen molar-refractivity contribution in [3.05, 3.63) is 0 Å². The summed E-state index contributed by atoms with van der Waals surface area (Å²) in [6.45, 7) is 8.33. The minimum absolute atomic E-state index is 0.332. The SMILES string of the molecule is CCC1CCCCN1C1CCCC(C)(C)C1N. The molecule has 1 heterocycles. The molecule has 100 valence electrons. The van der Waals surface area contributed by atoms with Gasteiger partial charge in [-0.05, 0) is 44.1 Å². The molecule has 2 heteroatoms. The van der Waals surface area contributed by atoms with Crippen molar-refractivity contribution >= 4 is 0 Å². The van der Waals surface area contributed by atoms with Crippen molar-refractivity contribution in [1.82, 2.24) is 4.90 Å². The Morgan fingerprint density at radius 1 is 1.18 bits per heavy atom. The monoisotopic (exact) mass is 238 g/mol. The summed E-state index contributed by atoms with van der Waals surface area (Å²) in [4.78, 5) is 2.76. The summed E-state index contributed by atoms with van der Waals surface area (Å²) in [5, 5.41) is 0. The molecule has 0 aromatic rings. The van der Waals surface area contributed by atoms with E-state index in [0.717, 1.165) is 6.04 Å². The van der Waals surface area contributed by atoms with E-state index in [0.29, 0.717) is 17.5 Å². The van der Waals surface area contributed by atoms with Gasteiger partial charge in [0.25, 0.3) is 0 Å². The van der Waals surface area contributed by atoms with Crippen molar-refractivity contribution in [1.29, 1.82) is 0 Å². The van der Waals surface area contributed by atoms with Crippen molar-refractivity contribution < 1.29 is 0 Å². The lowest BCUT2D eigenvalue weighted by Crippen LogP contribution is -2.60. The molecule has 2 rings (SSSR count). The Labute approximate surface area is 107 Å². The molecule has 0 amide bonds. The van der Waals surface area contributed by atoms with Gasteiger partial charge in [-0.25, -0.2) is 0 Å². The van der Waals surface area contributed by atoms with Crippen LogP contribution < -0.4 is 5.73 Å². The Morgan fingerprint density at radius 2 is 1.94 bits per heavy atom. The van der Waals surface area contributed by atoms with Crippen LogP contribution in [0.15, 0.2) is 0 Å². The lowest BCUT2D eigenvalue weighted by Gasteiger charge is -2.50. The van der Waals surface area contributed by atoms with Gasteiger partial charge in [0.2, 0.25) is 0 Å². The van der Waals surface area contributed by atoms with Gasteiger partial charge in [-0.2, -0.15) is 0 Å². The van der Waals surface area contributed by atoms with Crippen LogP contribution in [0, 0.1) is 5.41 Å². The number of piperidine rings is 1. The normalized spacial score (nSPS) is 39.2. The highest BCUT2D eigenvalue weighted by atomic mass is 15.2. The maximum Gasteiger partial charge on any atom is 0.0255 e. The summed E-state index contributed by atoms with van der Waals surface area (Å²) in [6, 6.07) is 1.81. The highest BCUT2D eigenvalue weighted by Crippen LogP contribution is 2.38. The highest BCUT2D eigenvalue weighted by molar-refractivity contribution is 4.98. The van der Waals surface area contributed by atoms with Gasteiger partial charge in [0, 0.05) is 18.1 Å². The fourth-order valence-corrected chi connectivity index (χ4v) is 3.90. The van der Waals surface area contributed by atoms with Gasteiger partial charge < -0.3 is 5.73 Å². The fraction of sp³-hybridized carbons (Fsp3) is 1.00. The Kier molecular flexibility index (Phi) is 4.14. The third kappa shape index (κ3) is 2.68. The molecule has 0 spiro atoms. The molecule has 1 aliphatic heterocycles. The summed E-state index contributed by atoms with van der Waals surface area (Å²) in [7, 11) is 0. The molecule has 0 aromatic carbocycles. The van der Waals surface area contributed by atoms with E-state index in [2.05, 4.69) is 25.7 Å². The second-order valence-electron chi connectivity index (χ2n) is 6.77. The molecular formula is C15H30N2. The minimum atomic E-state index is 0.332. The molecule has 17 heavy (non-hydrogen) atoms. The van der Waals surface area contributed by atoms with E-state index in [1.807, 2.05) is 0 Å². The average molecular weight is 238 g/mol. The molecule has 2 aliphatic rings. The van der Waals surface area contributed by atoms with Crippen molar-refractivity contribution in [2.24, 2.45) is 11.1 Å². The van der Waals surface area contributed by atoms with Crippen LogP contribution in [0.1, 0.15) is 65.7 Å².